The Bertz CT molecular complexity index is 1100. The zero-order valence-electron chi connectivity index (χ0n) is 16.4. The van der Waals surface area contributed by atoms with E-state index in [0.29, 0.717) is 40.6 Å². The van der Waals surface area contributed by atoms with Gasteiger partial charge in [0.05, 0.1) is 10.6 Å². The summed E-state index contributed by atoms with van der Waals surface area (Å²) in [5.74, 6) is 0.603. The van der Waals surface area contributed by atoms with Crippen molar-refractivity contribution in [2.45, 2.75) is 12.5 Å². The fraction of sp³-hybridized carbons (Fsp3) is 0.167. The molecule has 1 aliphatic heterocycles. The molecule has 0 aliphatic carbocycles. The zero-order valence-corrected chi connectivity index (χ0v) is 17.1. The van der Waals surface area contributed by atoms with Gasteiger partial charge in [0.15, 0.2) is 0 Å². The van der Waals surface area contributed by atoms with Crippen LogP contribution >= 0.6 is 11.6 Å². The van der Waals surface area contributed by atoms with Crippen molar-refractivity contribution < 1.29 is 19.1 Å². The van der Waals surface area contributed by atoms with Crippen LogP contribution in [-0.4, -0.2) is 30.4 Å². The summed E-state index contributed by atoms with van der Waals surface area (Å²) in [6.45, 7) is 0.445. The molecule has 1 amide bonds. The standard InChI is InChI=1S/C24H20ClNO4/c1-26(14-13-21-18-9-2-3-10-19(18)24(28)30-21)23(27)16-7-6-8-17(15-16)29-22-12-5-4-11-20(22)25/h2-12,15,21H,13-14H2,1H3. The van der Waals surface area contributed by atoms with Gasteiger partial charge in [0.25, 0.3) is 5.91 Å². The molecule has 5 nitrogen and oxygen atoms in total. The number of benzene rings is 3. The van der Waals surface area contributed by atoms with Crippen molar-refractivity contribution in [1.29, 1.82) is 0 Å². The van der Waals surface area contributed by atoms with Gasteiger partial charge in [-0.15, -0.1) is 0 Å². The predicted molar refractivity (Wildman–Crippen MR) is 114 cm³/mol. The van der Waals surface area contributed by atoms with Crippen LogP contribution in [0, 0.1) is 0 Å². The normalized spacial score (nSPS) is 14.7. The zero-order chi connectivity index (χ0) is 21.1. The van der Waals surface area contributed by atoms with Crippen LogP contribution in [-0.2, 0) is 4.74 Å². The minimum atomic E-state index is -0.334. The summed E-state index contributed by atoms with van der Waals surface area (Å²) < 4.78 is 11.3. The third-order valence-electron chi connectivity index (χ3n) is 5.00. The highest BCUT2D eigenvalue weighted by Gasteiger charge is 2.30. The lowest BCUT2D eigenvalue weighted by Crippen LogP contribution is -2.28. The number of fused-ring (bicyclic) bond motifs is 1. The Hall–Kier alpha value is -3.31. The summed E-state index contributed by atoms with van der Waals surface area (Å²) >= 11 is 6.14. The Balaban J connectivity index is 1.41. The topological polar surface area (TPSA) is 55.8 Å². The van der Waals surface area contributed by atoms with Gasteiger partial charge in [0.2, 0.25) is 0 Å². The van der Waals surface area contributed by atoms with E-state index in [-0.39, 0.29) is 18.0 Å². The second-order valence-electron chi connectivity index (χ2n) is 7.06. The molecule has 0 saturated heterocycles. The summed E-state index contributed by atoms with van der Waals surface area (Å²) in [5.41, 5.74) is 1.98. The SMILES string of the molecule is CN(CCC1OC(=O)c2ccccc21)C(=O)c1cccc(Oc2ccccc2Cl)c1. The molecule has 1 unspecified atom stereocenters. The lowest BCUT2D eigenvalue weighted by Gasteiger charge is -2.20. The monoisotopic (exact) mass is 421 g/mol. The van der Waals surface area contributed by atoms with Gasteiger partial charge in [0, 0.05) is 31.1 Å². The molecule has 152 valence electrons. The third kappa shape index (κ3) is 4.16. The Morgan fingerprint density at radius 3 is 2.67 bits per heavy atom. The minimum absolute atomic E-state index is 0.141. The molecule has 0 N–H and O–H groups in total. The van der Waals surface area contributed by atoms with E-state index in [1.807, 2.05) is 30.3 Å². The summed E-state index contributed by atoms with van der Waals surface area (Å²) in [6.07, 6.45) is 0.194. The van der Waals surface area contributed by atoms with Crippen LogP contribution in [0.15, 0.2) is 72.8 Å². The number of rotatable bonds is 6. The first kappa shape index (κ1) is 20.0. The molecule has 0 aromatic heterocycles. The van der Waals surface area contributed by atoms with Gasteiger partial charge < -0.3 is 14.4 Å². The molecule has 1 heterocycles. The smallest absolute Gasteiger partial charge is 0.339 e. The highest BCUT2D eigenvalue weighted by atomic mass is 35.5. The highest BCUT2D eigenvalue weighted by Crippen LogP contribution is 2.33. The fourth-order valence-corrected chi connectivity index (χ4v) is 3.59. The van der Waals surface area contributed by atoms with Crippen molar-refractivity contribution in [3.05, 3.63) is 94.5 Å². The second kappa shape index (κ2) is 8.59. The van der Waals surface area contributed by atoms with Crippen LogP contribution < -0.4 is 4.74 Å². The Kier molecular flexibility index (Phi) is 5.72. The van der Waals surface area contributed by atoms with Crippen LogP contribution in [0.1, 0.15) is 38.8 Å². The van der Waals surface area contributed by atoms with Gasteiger partial charge in [-0.2, -0.15) is 0 Å². The average Bonchev–Trinajstić information content (AvgIpc) is 3.09. The molecular weight excluding hydrogens is 402 g/mol. The Morgan fingerprint density at radius 1 is 1.07 bits per heavy atom. The number of nitrogens with zero attached hydrogens (tertiary/aromatic N) is 1. The van der Waals surface area contributed by atoms with Crippen molar-refractivity contribution in [2.24, 2.45) is 0 Å². The van der Waals surface area contributed by atoms with Crippen LogP contribution in [0.5, 0.6) is 11.5 Å². The van der Waals surface area contributed by atoms with E-state index in [2.05, 4.69) is 0 Å². The van der Waals surface area contributed by atoms with Crippen molar-refractivity contribution in [2.75, 3.05) is 13.6 Å². The number of carbonyl (C=O) groups excluding carboxylic acids is 2. The number of halogens is 1. The van der Waals surface area contributed by atoms with E-state index in [1.54, 1.807) is 54.4 Å². The molecule has 6 heteroatoms. The van der Waals surface area contributed by atoms with Gasteiger partial charge in [-0.3, -0.25) is 4.79 Å². The summed E-state index contributed by atoms with van der Waals surface area (Å²) in [6, 6.07) is 21.5. The first-order valence-corrected chi connectivity index (χ1v) is 9.98. The Morgan fingerprint density at radius 2 is 1.83 bits per heavy atom. The molecule has 0 bridgehead atoms. The number of cyclic esters (lactones) is 1. The molecule has 3 aromatic carbocycles. The van der Waals surface area contributed by atoms with Crippen LogP contribution in [0.2, 0.25) is 5.02 Å². The maximum Gasteiger partial charge on any atom is 0.339 e. The van der Waals surface area contributed by atoms with Gasteiger partial charge >= 0.3 is 5.97 Å². The molecule has 0 spiro atoms. The molecule has 0 radical (unpaired) electrons. The predicted octanol–water partition coefficient (Wildman–Crippen LogP) is 5.51. The van der Waals surface area contributed by atoms with E-state index >= 15 is 0 Å². The third-order valence-corrected chi connectivity index (χ3v) is 5.31. The summed E-state index contributed by atoms with van der Waals surface area (Å²) in [4.78, 5) is 26.4. The van der Waals surface area contributed by atoms with Crippen molar-refractivity contribution in [3.8, 4) is 11.5 Å². The van der Waals surface area contributed by atoms with E-state index in [9.17, 15) is 9.59 Å². The maximum absolute atomic E-state index is 12.9. The molecule has 3 aromatic rings. The molecule has 1 aliphatic rings. The molecule has 0 fully saturated rings. The molecule has 1 atom stereocenters. The van der Waals surface area contributed by atoms with Crippen LogP contribution in [0.4, 0.5) is 0 Å². The van der Waals surface area contributed by atoms with Crippen molar-refractivity contribution in [3.63, 3.8) is 0 Å². The highest BCUT2D eigenvalue weighted by molar-refractivity contribution is 6.32. The maximum atomic E-state index is 12.9. The van der Waals surface area contributed by atoms with Gasteiger partial charge in [-0.25, -0.2) is 4.79 Å². The van der Waals surface area contributed by atoms with E-state index < -0.39 is 0 Å². The number of para-hydroxylation sites is 1. The van der Waals surface area contributed by atoms with Crippen LogP contribution in [0.3, 0.4) is 0 Å². The lowest BCUT2D eigenvalue weighted by molar-refractivity contribution is 0.0349. The Labute approximate surface area is 179 Å². The number of carbonyl (C=O) groups is 2. The number of hydrogen-bond donors (Lipinski definition) is 0. The van der Waals surface area contributed by atoms with E-state index in [0.717, 1.165) is 5.56 Å². The number of ether oxygens (including phenoxy) is 2. The number of hydrogen-bond acceptors (Lipinski definition) is 4. The molecule has 30 heavy (non-hydrogen) atoms. The second-order valence-corrected chi connectivity index (χ2v) is 7.46. The molecular formula is C24H20ClNO4. The van der Waals surface area contributed by atoms with Crippen molar-refractivity contribution >= 4 is 23.5 Å². The van der Waals surface area contributed by atoms with Crippen molar-refractivity contribution in [1.82, 2.24) is 4.90 Å². The van der Waals surface area contributed by atoms with Gasteiger partial charge in [0.1, 0.15) is 17.6 Å². The van der Waals surface area contributed by atoms with E-state index in [1.165, 1.54) is 0 Å². The first-order chi connectivity index (χ1) is 14.5. The van der Waals surface area contributed by atoms with Crippen LogP contribution in [0.25, 0.3) is 0 Å². The first-order valence-electron chi connectivity index (χ1n) is 9.61. The fourth-order valence-electron chi connectivity index (χ4n) is 3.41. The summed E-state index contributed by atoms with van der Waals surface area (Å²) in [5, 5.41) is 0.498. The lowest BCUT2D eigenvalue weighted by atomic mass is 10.0. The summed E-state index contributed by atoms with van der Waals surface area (Å²) in [7, 11) is 1.73. The van der Waals surface area contributed by atoms with Gasteiger partial charge in [-0.1, -0.05) is 48.0 Å². The molecule has 4 rings (SSSR count). The van der Waals surface area contributed by atoms with Gasteiger partial charge in [-0.05, 0) is 36.4 Å². The largest absolute Gasteiger partial charge is 0.456 e. The average molecular weight is 422 g/mol. The quantitative estimate of drug-likeness (QED) is 0.493. The molecule has 0 saturated carbocycles. The minimum Gasteiger partial charge on any atom is -0.456 e. The van der Waals surface area contributed by atoms with E-state index in [4.69, 9.17) is 21.1 Å². The number of amides is 1. The number of esters is 1.